The van der Waals surface area contributed by atoms with Crippen molar-refractivity contribution in [2.24, 2.45) is 11.1 Å². The van der Waals surface area contributed by atoms with Crippen LogP contribution in [0.25, 0.3) is 0 Å². The van der Waals surface area contributed by atoms with Crippen LogP contribution in [0.5, 0.6) is 0 Å². The normalized spacial score (nSPS) is 20.4. The van der Waals surface area contributed by atoms with Crippen molar-refractivity contribution in [1.82, 2.24) is 0 Å². The van der Waals surface area contributed by atoms with Gasteiger partial charge in [0.15, 0.2) is 0 Å². The maximum absolute atomic E-state index is 11.1. The van der Waals surface area contributed by atoms with Crippen LogP contribution in [-0.2, 0) is 19.5 Å². The average molecular weight is 265 g/mol. The van der Waals surface area contributed by atoms with Gasteiger partial charge in [-0.25, -0.2) is 13.6 Å². The molecule has 0 aliphatic carbocycles. The Morgan fingerprint density at radius 2 is 2.06 bits per heavy atom. The molecule has 1 heterocycles. The van der Waals surface area contributed by atoms with Gasteiger partial charge in [-0.1, -0.05) is 13.3 Å². The van der Waals surface area contributed by atoms with Crippen molar-refractivity contribution in [2.45, 2.75) is 38.7 Å². The molecule has 1 rings (SSSR count). The lowest BCUT2D eigenvalue weighted by Gasteiger charge is -2.24. The van der Waals surface area contributed by atoms with Gasteiger partial charge in [0, 0.05) is 13.2 Å². The molecule has 0 saturated carbocycles. The lowest BCUT2D eigenvalue weighted by Crippen LogP contribution is -2.30. The quantitative estimate of drug-likeness (QED) is 0.741. The monoisotopic (exact) mass is 265 g/mol. The molecule has 1 aliphatic heterocycles. The van der Waals surface area contributed by atoms with Gasteiger partial charge in [-0.2, -0.15) is 0 Å². The van der Waals surface area contributed by atoms with Crippen LogP contribution in [-0.4, -0.2) is 40.1 Å². The molecule has 0 aromatic carbocycles. The van der Waals surface area contributed by atoms with Crippen LogP contribution in [0.15, 0.2) is 0 Å². The van der Waals surface area contributed by atoms with Crippen molar-refractivity contribution >= 4 is 10.0 Å². The van der Waals surface area contributed by atoms with Crippen LogP contribution in [0.2, 0.25) is 0 Å². The molecule has 1 unspecified atom stereocenters. The van der Waals surface area contributed by atoms with Crippen LogP contribution >= 0.6 is 0 Å². The van der Waals surface area contributed by atoms with E-state index in [4.69, 9.17) is 14.6 Å². The van der Waals surface area contributed by atoms with E-state index in [9.17, 15) is 8.42 Å². The van der Waals surface area contributed by atoms with Crippen molar-refractivity contribution < 1.29 is 17.9 Å². The highest BCUT2D eigenvalue weighted by atomic mass is 32.2. The zero-order valence-electron chi connectivity index (χ0n) is 10.4. The summed E-state index contributed by atoms with van der Waals surface area (Å²) in [5.41, 5.74) is 0. The lowest BCUT2D eigenvalue weighted by atomic mass is 10.1. The first-order chi connectivity index (χ1) is 8.01. The number of primary sulfonamides is 1. The highest BCUT2D eigenvalue weighted by Crippen LogP contribution is 2.15. The third-order valence-corrected chi connectivity index (χ3v) is 3.84. The Morgan fingerprint density at radius 3 is 2.59 bits per heavy atom. The summed E-state index contributed by atoms with van der Waals surface area (Å²) >= 11 is 0. The molecule has 0 aromatic rings. The summed E-state index contributed by atoms with van der Waals surface area (Å²) in [6.45, 7) is 3.98. The summed E-state index contributed by atoms with van der Waals surface area (Å²) in [4.78, 5) is 0. The van der Waals surface area contributed by atoms with E-state index in [1.807, 2.05) is 6.92 Å². The van der Waals surface area contributed by atoms with E-state index >= 15 is 0 Å². The Hall–Kier alpha value is -0.170. The lowest BCUT2D eigenvalue weighted by molar-refractivity contribution is -0.0415. The zero-order valence-corrected chi connectivity index (χ0v) is 11.2. The zero-order chi connectivity index (χ0) is 12.7. The molecule has 1 aliphatic rings. The Kier molecular flexibility index (Phi) is 6.40. The molecular formula is C11H23NO4S. The minimum Gasteiger partial charge on any atom is -0.381 e. The van der Waals surface area contributed by atoms with Crippen LogP contribution in [0.1, 0.15) is 32.6 Å². The predicted molar refractivity (Wildman–Crippen MR) is 66.2 cm³/mol. The van der Waals surface area contributed by atoms with Gasteiger partial charge < -0.3 is 9.47 Å². The standard InChI is InChI=1S/C11H23NO4S/c1-2-3-10(9-17(12,13)14)8-16-11-4-6-15-7-5-11/h10-11H,2-9H2,1H3,(H2,12,13,14). The van der Waals surface area contributed by atoms with Crippen molar-refractivity contribution in [1.29, 1.82) is 0 Å². The van der Waals surface area contributed by atoms with Gasteiger partial charge in [0.2, 0.25) is 10.0 Å². The molecule has 0 spiro atoms. The molecule has 102 valence electrons. The first-order valence-electron chi connectivity index (χ1n) is 6.21. The summed E-state index contributed by atoms with van der Waals surface area (Å²) < 4.78 is 33.1. The summed E-state index contributed by atoms with van der Waals surface area (Å²) in [5.74, 6) is 0.0298. The van der Waals surface area contributed by atoms with Crippen LogP contribution in [0.3, 0.4) is 0 Å². The van der Waals surface area contributed by atoms with Crippen molar-refractivity contribution in [3.8, 4) is 0 Å². The highest BCUT2D eigenvalue weighted by Gasteiger charge is 2.19. The van der Waals surface area contributed by atoms with Gasteiger partial charge in [0.05, 0.1) is 18.5 Å². The number of nitrogens with two attached hydrogens (primary N) is 1. The smallest absolute Gasteiger partial charge is 0.209 e. The van der Waals surface area contributed by atoms with Gasteiger partial charge in [-0.3, -0.25) is 0 Å². The minimum atomic E-state index is -3.40. The van der Waals surface area contributed by atoms with Gasteiger partial charge in [-0.15, -0.1) is 0 Å². The third kappa shape index (κ3) is 6.98. The summed E-state index contributed by atoms with van der Waals surface area (Å²) in [6, 6.07) is 0. The van der Waals surface area contributed by atoms with Gasteiger partial charge >= 0.3 is 0 Å². The molecule has 2 N–H and O–H groups in total. The summed E-state index contributed by atoms with van der Waals surface area (Å²) in [5, 5.41) is 5.07. The minimum absolute atomic E-state index is 0.0119. The SMILES string of the molecule is CCCC(COC1CCOCC1)CS(N)(=O)=O. The van der Waals surface area contributed by atoms with Gasteiger partial charge in [-0.05, 0) is 25.2 Å². The molecular weight excluding hydrogens is 242 g/mol. The van der Waals surface area contributed by atoms with Crippen LogP contribution < -0.4 is 5.14 Å². The first-order valence-corrected chi connectivity index (χ1v) is 7.92. The van der Waals surface area contributed by atoms with E-state index in [1.54, 1.807) is 0 Å². The molecule has 0 amide bonds. The number of ether oxygens (including phenoxy) is 2. The second-order valence-corrected chi connectivity index (χ2v) is 6.29. The maximum atomic E-state index is 11.1. The molecule has 0 bridgehead atoms. The van der Waals surface area contributed by atoms with Crippen molar-refractivity contribution in [3.05, 3.63) is 0 Å². The number of hydrogen-bond donors (Lipinski definition) is 1. The Labute approximate surface area is 104 Å². The predicted octanol–water partition coefficient (Wildman–Crippen LogP) is 0.887. The molecule has 1 fully saturated rings. The first kappa shape index (κ1) is 14.9. The van der Waals surface area contributed by atoms with Crippen LogP contribution in [0.4, 0.5) is 0 Å². The molecule has 1 saturated heterocycles. The summed E-state index contributed by atoms with van der Waals surface area (Å²) in [7, 11) is -3.40. The van der Waals surface area contributed by atoms with Crippen molar-refractivity contribution in [2.75, 3.05) is 25.6 Å². The maximum Gasteiger partial charge on any atom is 0.209 e. The van der Waals surface area contributed by atoms with E-state index in [-0.39, 0.29) is 17.8 Å². The number of hydrogen-bond acceptors (Lipinski definition) is 4. The largest absolute Gasteiger partial charge is 0.381 e. The second-order valence-electron chi connectivity index (χ2n) is 4.63. The number of rotatable bonds is 7. The Bertz CT molecular complexity index is 299. The summed E-state index contributed by atoms with van der Waals surface area (Å²) in [6.07, 6.45) is 3.78. The topological polar surface area (TPSA) is 78.6 Å². The van der Waals surface area contributed by atoms with Gasteiger partial charge in [0.25, 0.3) is 0 Å². The molecule has 0 radical (unpaired) electrons. The van der Waals surface area contributed by atoms with E-state index in [2.05, 4.69) is 0 Å². The Morgan fingerprint density at radius 1 is 1.41 bits per heavy atom. The fourth-order valence-electron chi connectivity index (χ4n) is 2.07. The van der Waals surface area contributed by atoms with E-state index in [0.29, 0.717) is 6.61 Å². The molecule has 5 nitrogen and oxygen atoms in total. The second kappa shape index (κ2) is 7.31. The molecule has 6 heteroatoms. The number of sulfonamides is 1. The van der Waals surface area contributed by atoms with Crippen LogP contribution in [0, 0.1) is 5.92 Å². The van der Waals surface area contributed by atoms with E-state index in [0.717, 1.165) is 38.9 Å². The highest BCUT2D eigenvalue weighted by molar-refractivity contribution is 7.89. The fraction of sp³-hybridized carbons (Fsp3) is 1.00. The molecule has 1 atom stereocenters. The average Bonchev–Trinajstić information content (AvgIpc) is 2.26. The van der Waals surface area contributed by atoms with Crippen molar-refractivity contribution in [3.63, 3.8) is 0 Å². The fourth-order valence-corrected chi connectivity index (χ4v) is 2.99. The van der Waals surface area contributed by atoms with Gasteiger partial charge in [0.1, 0.15) is 0 Å². The molecule has 17 heavy (non-hydrogen) atoms. The third-order valence-electron chi connectivity index (χ3n) is 2.90. The molecule has 0 aromatic heterocycles. The van der Waals surface area contributed by atoms with E-state index < -0.39 is 10.0 Å². The Balaban J connectivity index is 2.32. The van der Waals surface area contributed by atoms with E-state index in [1.165, 1.54) is 0 Å².